The molecule has 0 spiro atoms. The molecule has 0 bridgehead atoms. The van der Waals surface area contributed by atoms with Crippen LogP contribution in [0.15, 0.2) is 48.5 Å². The average Bonchev–Trinajstić information content (AvgIpc) is 2.41. The molecule has 0 unspecified atom stereocenters. The Labute approximate surface area is 114 Å². The third kappa shape index (κ3) is 3.14. The first-order valence-electron chi connectivity index (χ1n) is 6.31. The Balaban J connectivity index is 2.34. The van der Waals surface area contributed by atoms with Crippen LogP contribution in [0, 0.1) is 6.92 Å². The predicted molar refractivity (Wildman–Crippen MR) is 81.1 cm³/mol. The van der Waals surface area contributed by atoms with Gasteiger partial charge in [0, 0.05) is 0 Å². The van der Waals surface area contributed by atoms with Gasteiger partial charge in [-0.2, -0.15) is 0 Å². The van der Waals surface area contributed by atoms with Gasteiger partial charge in [-0.3, -0.25) is 0 Å². The molecule has 0 aliphatic rings. The molecule has 0 saturated heterocycles. The maximum absolute atomic E-state index is 9.07. The van der Waals surface area contributed by atoms with Crippen LogP contribution in [0.5, 0.6) is 0 Å². The van der Waals surface area contributed by atoms with Crippen LogP contribution in [0.2, 0.25) is 0 Å². The molecular weight excluding hydrogens is 235 g/mol. The quantitative estimate of drug-likeness (QED) is 0.823. The summed E-state index contributed by atoms with van der Waals surface area (Å²) in [6.45, 7) is 4.09. The van der Waals surface area contributed by atoms with Crippen LogP contribution >= 0.6 is 0 Å². The number of aryl methyl sites for hydroxylation is 1. The highest BCUT2D eigenvalue weighted by molar-refractivity contribution is 6.58. The van der Waals surface area contributed by atoms with Gasteiger partial charge in [0.05, 0.1) is 0 Å². The first-order chi connectivity index (χ1) is 9.11. The Morgan fingerprint density at radius 1 is 0.947 bits per heavy atom. The number of rotatable bonds is 3. The molecule has 0 aliphatic heterocycles. The third-order valence-corrected chi connectivity index (χ3v) is 3.16. The molecule has 0 radical (unpaired) electrons. The number of allylic oxidation sites excluding steroid dienone is 1. The Bertz CT molecular complexity index is 586. The summed E-state index contributed by atoms with van der Waals surface area (Å²) in [5, 5.41) is 18.1. The van der Waals surface area contributed by atoms with E-state index in [1.54, 1.807) is 12.1 Å². The van der Waals surface area contributed by atoms with Crippen molar-refractivity contribution in [1.82, 2.24) is 0 Å². The van der Waals surface area contributed by atoms with Crippen molar-refractivity contribution in [2.24, 2.45) is 0 Å². The van der Waals surface area contributed by atoms with Crippen LogP contribution < -0.4 is 5.46 Å². The van der Waals surface area contributed by atoms with E-state index in [1.165, 1.54) is 11.1 Å². The van der Waals surface area contributed by atoms with Crippen LogP contribution in [0.25, 0.3) is 17.2 Å². The van der Waals surface area contributed by atoms with Crippen molar-refractivity contribution in [3.05, 3.63) is 59.7 Å². The van der Waals surface area contributed by atoms with Gasteiger partial charge in [-0.25, -0.2) is 0 Å². The van der Waals surface area contributed by atoms with Gasteiger partial charge in [0.25, 0.3) is 0 Å². The lowest BCUT2D eigenvalue weighted by atomic mass is 9.80. The highest BCUT2D eigenvalue weighted by Crippen LogP contribution is 2.22. The molecule has 2 nitrogen and oxygen atoms in total. The van der Waals surface area contributed by atoms with E-state index in [1.807, 2.05) is 25.1 Å². The molecule has 96 valence electrons. The first kappa shape index (κ1) is 13.6. The lowest BCUT2D eigenvalue weighted by Crippen LogP contribution is -2.29. The molecule has 2 rings (SSSR count). The SMILES string of the molecule is C/C=C\c1ccc(-c2ccc(B(O)O)cc2)cc1C. The summed E-state index contributed by atoms with van der Waals surface area (Å²) >= 11 is 0. The van der Waals surface area contributed by atoms with E-state index < -0.39 is 7.12 Å². The average molecular weight is 252 g/mol. The summed E-state index contributed by atoms with van der Waals surface area (Å²) in [5.41, 5.74) is 5.14. The highest BCUT2D eigenvalue weighted by atomic mass is 16.4. The zero-order valence-electron chi connectivity index (χ0n) is 11.2. The Morgan fingerprint density at radius 2 is 1.58 bits per heavy atom. The fourth-order valence-corrected chi connectivity index (χ4v) is 2.07. The number of hydrogen-bond acceptors (Lipinski definition) is 2. The van der Waals surface area contributed by atoms with E-state index in [4.69, 9.17) is 10.0 Å². The van der Waals surface area contributed by atoms with Crippen molar-refractivity contribution in [1.29, 1.82) is 0 Å². The summed E-state index contributed by atoms with van der Waals surface area (Å²) in [6, 6.07) is 13.6. The summed E-state index contributed by atoms with van der Waals surface area (Å²) < 4.78 is 0. The summed E-state index contributed by atoms with van der Waals surface area (Å²) in [5.74, 6) is 0. The van der Waals surface area contributed by atoms with Gasteiger partial charge in [-0.1, -0.05) is 54.6 Å². The zero-order chi connectivity index (χ0) is 13.8. The molecule has 3 heteroatoms. The van der Waals surface area contributed by atoms with Crippen molar-refractivity contribution in [2.45, 2.75) is 13.8 Å². The second-order valence-corrected chi connectivity index (χ2v) is 4.57. The fraction of sp³-hybridized carbons (Fsp3) is 0.125. The molecule has 0 fully saturated rings. The minimum atomic E-state index is -1.41. The summed E-state index contributed by atoms with van der Waals surface area (Å²) in [7, 11) is -1.41. The van der Waals surface area contributed by atoms with Crippen LogP contribution in [0.1, 0.15) is 18.1 Å². The van der Waals surface area contributed by atoms with Gasteiger partial charge < -0.3 is 10.0 Å². The lowest BCUT2D eigenvalue weighted by molar-refractivity contribution is 0.426. The monoisotopic (exact) mass is 252 g/mol. The van der Waals surface area contributed by atoms with E-state index in [9.17, 15) is 0 Å². The molecule has 2 aromatic carbocycles. The lowest BCUT2D eigenvalue weighted by Gasteiger charge is -2.07. The molecule has 0 heterocycles. The van der Waals surface area contributed by atoms with E-state index >= 15 is 0 Å². The normalized spacial score (nSPS) is 10.9. The van der Waals surface area contributed by atoms with Crippen molar-refractivity contribution >= 4 is 18.7 Å². The minimum Gasteiger partial charge on any atom is -0.423 e. The maximum Gasteiger partial charge on any atom is 0.488 e. The van der Waals surface area contributed by atoms with Gasteiger partial charge in [0.15, 0.2) is 0 Å². The van der Waals surface area contributed by atoms with Crippen molar-refractivity contribution in [3.8, 4) is 11.1 Å². The van der Waals surface area contributed by atoms with Crippen molar-refractivity contribution in [3.63, 3.8) is 0 Å². The topological polar surface area (TPSA) is 40.5 Å². The van der Waals surface area contributed by atoms with Crippen molar-refractivity contribution in [2.75, 3.05) is 0 Å². The fourth-order valence-electron chi connectivity index (χ4n) is 2.07. The summed E-state index contributed by atoms with van der Waals surface area (Å²) in [4.78, 5) is 0. The van der Waals surface area contributed by atoms with E-state index in [0.29, 0.717) is 5.46 Å². The molecule has 0 saturated carbocycles. The van der Waals surface area contributed by atoms with Crippen molar-refractivity contribution < 1.29 is 10.0 Å². The van der Waals surface area contributed by atoms with Gasteiger partial charge in [-0.05, 0) is 41.6 Å². The van der Waals surface area contributed by atoms with Crippen LogP contribution in [0.3, 0.4) is 0 Å². The minimum absolute atomic E-state index is 0.506. The second kappa shape index (κ2) is 5.87. The molecule has 0 aliphatic carbocycles. The predicted octanol–water partition coefficient (Wildman–Crippen LogP) is 2.37. The molecule has 0 aromatic heterocycles. The smallest absolute Gasteiger partial charge is 0.423 e. The first-order valence-corrected chi connectivity index (χ1v) is 6.31. The van der Waals surface area contributed by atoms with E-state index in [-0.39, 0.29) is 0 Å². The van der Waals surface area contributed by atoms with E-state index in [0.717, 1.165) is 11.1 Å². The van der Waals surface area contributed by atoms with Crippen LogP contribution in [0.4, 0.5) is 0 Å². The Hall–Kier alpha value is -1.84. The van der Waals surface area contributed by atoms with E-state index in [2.05, 4.69) is 31.2 Å². The van der Waals surface area contributed by atoms with Gasteiger partial charge in [0.1, 0.15) is 0 Å². The molecule has 0 atom stereocenters. The standard InChI is InChI=1S/C16H17BO2/c1-3-4-13-5-6-15(11-12(13)2)14-7-9-16(10-8-14)17(18)19/h3-11,18-19H,1-2H3/b4-3-. The van der Waals surface area contributed by atoms with Gasteiger partial charge in [0.2, 0.25) is 0 Å². The van der Waals surface area contributed by atoms with Crippen LogP contribution in [-0.4, -0.2) is 17.2 Å². The van der Waals surface area contributed by atoms with Gasteiger partial charge >= 0.3 is 7.12 Å². The molecular formula is C16H17BO2. The Morgan fingerprint density at radius 3 is 2.11 bits per heavy atom. The summed E-state index contributed by atoms with van der Waals surface area (Å²) in [6.07, 6.45) is 4.11. The Kier molecular flexibility index (Phi) is 4.20. The highest BCUT2D eigenvalue weighted by Gasteiger charge is 2.10. The molecule has 19 heavy (non-hydrogen) atoms. The second-order valence-electron chi connectivity index (χ2n) is 4.57. The molecule has 2 aromatic rings. The largest absolute Gasteiger partial charge is 0.488 e. The third-order valence-electron chi connectivity index (χ3n) is 3.16. The molecule has 2 N–H and O–H groups in total. The number of benzene rings is 2. The van der Waals surface area contributed by atoms with Gasteiger partial charge in [-0.15, -0.1) is 0 Å². The maximum atomic E-state index is 9.07. The van der Waals surface area contributed by atoms with Crippen LogP contribution in [-0.2, 0) is 0 Å². The number of hydrogen-bond donors (Lipinski definition) is 2. The molecule has 0 amide bonds. The zero-order valence-corrected chi connectivity index (χ0v) is 11.2.